The van der Waals surface area contributed by atoms with Crippen molar-refractivity contribution in [3.63, 3.8) is 0 Å². The second kappa shape index (κ2) is 20.7. The van der Waals surface area contributed by atoms with Gasteiger partial charge in [-0.1, -0.05) is 18.7 Å². The summed E-state index contributed by atoms with van der Waals surface area (Å²) in [6.07, 6.45) is 8.54. The fraction of sp³-hybridized carbons (Fsp3) is 0.303. The molecule has 0 unspecified atom stereocenters. The van der Waals surface area contributed by atoms with E-state index in [1.807, 2.05) is 19.1 Å². The molecule has 0 saturated heterocycles. The molecule has 2 aromatic rings. The number of quaternary nitrogens is 1. The number of hydroxylamine groups is 2. The third-order valence-electron chi connectivity index (χ3n) is 6.53. The Hall–Kier alpha value is -5.31. The summed E-state index contributed by atoms with van der Waals surface area (Å²) in [5.41, 5.74) is 29.5. The maximum atomic E-state index is 6.29. The van der Waals surface area contributed by atoms with E-state index in [-0.39, 0.29) is 0 Å². The maximum Gasteiger partial charge on any atom is 0.319 e. The molecule has 0 saturated carbocycles. The molecule has 0 aliphatic rings. The molecule has 0 spiro atoms. The molecule has 0 atom stereocenters. The van der Waals surface area contributed by atoms with Gasteiger partial charge in [0.1, 0.15) is 13.3 Å². The summed E-state index contributed by atoms with van der Waals surface area (Å²) in [5.74, 6) is 3.37. The van der Waals surface area contributed by atoms with Crippen molar-refractivity contribution in [1.82, 2.24) is 0 Å². The number of ether oxygens (including phenoxy) is 6. The van der Waals surface area contributed by atoms with Gasteiger partial charge in [0.15, 0.2) is 29.2 Å². The molecule has 258 valence electrons. The van der Waals surface area contributed by atoms with E-state index in [9.17, 15) is 0 Å². The number of nitrogens with two attached hydrogens (primary N) is 5. The van der Waals surface area contributed by atoms with Crippen molar-refractivity contribution in [3.05, 3.63) is 83.7 Å². The standard InChI is InChI=1S/C21H30N4O4.C12H18N2O4/c1-7-14(12-22)9-15(8-2)21(24)25(29-6)13-17(23)16-10-18(26-3)20(28-5)19(11-16)27-4;1-15-10-5-8(9(13)7-14-18-4)6-11(16-2)12(10)17-3/h7-11,13,24H,2,12,22-23H2,1,3-6H3;5-7,14H,13H2,1-4H3/p+2/b14-7+,15-9+,17-13-;9-7-. The zero-order valence-corrected chi connectivity index (χ0v) is 28.7. The summed E-state index contributed by atoms with van der Waals surface area (Å²) in [7, 11) is 12.3. The van der Waals surface area contributed by atoms with E-state index < -0.39 is 0 Å². The summed E-state index contributed by atoms with van der Waals surface area (Å²) >= 11 is 0. The fourth-order valence-electron chi connectivity index (χ4n) is 3.98. The predicted molar refractivity (Wildman–Crippen MR) is 183 cm³/mol. The Bertz CT molecular complexity index is 1450. The average molecular weight is 659 g/mol. The molecular weight excluding hydrogens is 608 g/mol. The van der Waals surface area contributed by atoms with E-state index in [4.69, 9.17) is 61.0 Å². The smallest absolute Gasteiger partial charge is 0.319 e. The van der Waals surface area contributed by atoms with Gasteiger partial charge in [0.05, 0.1) is 66.7 Å². The Morgan fingerprint density at radius 3 is 1.51 bits per heavy atom. The highest BCUT2D eigenvalue weighted by atomic mass is 16.7. The monoisotopic (exact) mass is 658 g/mol. The molecule has 0 heterocycles. The topological polar surface area (TPSA) is 198 Å². The van der Waals surface area contributed by atoms with Crippen LogP contribution in [0.15, 0.2) is 72.6 Å². The molecule has 0 radical (unpaired) electrons. The lowest BCUT2D eigenvalue weighted by Crippen LogP contribution is -2.76. The van der Waals surface area contributed by atoms with Crippen molar-refractivity contribution in [2.45, 2.75) is 6.92 Å². The number of methoxy groups -OCH3 is 6. The molecule has 47 heavy (non-hydrogen) atoms. The largest absolute Gasteiger partial charge is 0.493 e. The van der Waals surface area contributed by atoms with Crippen molar-refractivity contribution in [1.29, 1.82) is 0 Å². The molecule has 0 amide bonds. The van der Waals surface area contributed by atoms with Crippen LogP contribution in [-0.2, 0) is 9.68 Å². The molecular formula is C33H50N6O8+2. The van der Waals surface area contributed by atoms with Crippen LogP contribution >= 0.6 is 0 Å². The van der Waals surface area contributed by atoms with Gasteiger partial charge in [-0.25, -0.2) is 4.84 Å². The summed E-state index contributed by atoms with van der Waals surface area (Å²) in [5, 5.41) is 0. The van der Waals surface area contributed by atoms with Gasteiger partial charge in [0.2, 0.25) is 11.5 Å². The quantitative estimate of drug-likeness (QED) is 0.0579. The number of allylic oxidation sites excluding steroid dienone is 1. The van der Waals surface area contributed by atoms with Gasteiger partial charge in [-0.3, -0.25) is 5.73 Å². The SMILES string of the molecule is C=CC(=C\C(=C/C)CN)/C(N)=[N+](/C=C(\N)c1cc(OC)c(OC)c(OC)c1)OC.CO[NH2+]/C=C(\N)c1cc(OC)c(OC)c(OC)c1. The highest BCUT2D eigenvalue weighted by Gasteiger charge is 2.18. The Labute approximate surface area is 277 Å². The van der Waals surface area contributed by atoms with E-state index >= 15 is 0 Å². The Balaban J connectivity index is 0.000000524. The van der Waals surface area contributed by atoms with Gasteiger partial charge >= 0.3 is 5.84 Å². The highest BCUT2D eigenvalue weighted by molar-refractivity contribution is 5.96. The number of hydrogen-bond acceptors (Lipinski definition) is 11. The van der Waals surface area contributed by atoms with Gasteiger partial charge in [0.25, 0.3) is 0 Å². The normalized spacial score (nSPS) is 12.6. The number of amidine groups is 1. The van der Waals surface area contributed by atoms with Crippen LogP contribution in [0.3, 0.4) is 0 Å². The Morgan fingerprint density at radius 1 is 0.745 bits per heavy atom. The molecule has 0 aromatic heterocycles. The van der Waals surface area contributed by atoms with E-state index in [1.165, 1.54) is 38.7 Å². The lowest BCUT2D eigenvalue weighted by molar-refractivity contribution is -0.842. The van der Waals surface area contributed by atoms with Gasteiger partial charge < -0.3 is 50.5 Å². The second-order valence-electron chi connectivity index (χ2n) is 9.17. The van der Waals surface area contributed by atoms with Crippen LogP contribution in [0.1, 0.15) is 18.1 Å². The van der Waals surface area contributed by atoms with E-state index in [0.717, 1.165) is 11.1 Å². The van der Waals surface area contributed by atoms with Crippen molar-refractivity contribution in [3.8, 4) is 34.5 Å². The van der Waals surface area contributed by atoms with Gasteiger partial charge in [-0.2, -0.15) is 5.48 Å². The minimum absolute atomic E-state index is 0.297. The first kappa shape index (κ1) is 39.7. The third kappa shape index (κ3) is 10.9. The number of rotatable bonds is 16. The molecule has 0 bridgehead atoms. The first-order chi connectivity index (χ1) is 22.6. The molecule has 0 fully saturated rings. The maximum absolute atomic E-state index is 6.29. The van der Waals surface area contributed by atoms with Gasteiger partial charge in [-0.15, -0.1) is 0 Å². The van der Waals surface area contributed by atoms with Crippen LogP contribution in [-0.4, -0.2) is 74.0 Å². The molecule has 14 nitrogen and oxygen atoms in total. The van der Waals surface area contributed by atoms with Crippen LogP contribution in [0.5, 0.6) is 34.5 Å². The van der Waals surface area contributed by atoms with Crippen LogP contribution in [0.25, 0.3) is 11.4 Å². The van der Waals surface area contributed by atoms with Crippen LogP contribution < -0.4 is 56.8 Å². The minimum Gasteiger partial charge on any atom is -0.493 e. The van der Waals surface area contributed by atoms with Gasteiger partial charge in [0, 0.05) is 17.7 Å². The lowest BCUT2D eigenvalue weighted by Gasteiger charge is -2.14. The van der Waals surface area contributed by atoms with Crippen LogP contribution in [0.2, 0.25) is 0 Å². The lowest BCUT2D eigenvalue weighted by atomic mass is 10.1. The Kier molecular flexibility index (Phi) is 17.5. The average Bonchev–Trinajstić information content (AvgIpc) is 3.11. The predicted octanol–water partition coefficient (Wildman–Crippen LogP) is 2.01. The van der Waals surface area contributed by atoms with Crippen molar-refractivity contribution >= 4 is 17.2 Å². The number of hydrogen-bond donors (Lipinski definition) is 5. The molecule has 10 N–H and O–H groups in total. The number of nitrogens with zero attached hydrogens (tertiary/aromatic N) is 1. The zero-order valence-electron chi connectivity index (χ0n) is 28.7. The summed E-state index contributed by atoms with van der Waals surface area (Å²) in [4.78, 5) is 10.2. The highest BCUT2D eigenvalue weighted by Crippen LogP contribution is 2.40. The summed E-state index contributed by atoms with van der Waals surface area (Å²) in [6.45, 7) is 6.07. The van der Waals surface area contributed by atoms with Crippen molar-refractivity contribution < 1.29 is 48.3 Å². The van der Waals surface area contributed by atoms with E-state index in [0.29, 0.717) is 69.4 Å². The first-order valence-corrected chi connectivity index (χ1v) is 14.1. The van der Waals surface area contributed by atoms with Crippen LogP contribution in [0, 0.1) is 0 Å². The fourth-order valence-corrected chi connectivity index (χ4v) is 3.98. The molecule has 14 heteroatoms. The third-order valence-corrected chi connectivity index (χ3v) is 6.53. The minimum atomic E-state index is 0.297. The molecule has 2 rings (SSSR count). The van der Waals surface area contributed by atoms with Crippen molar-refractivity contribution in [2.24, 2.45) is 22.9 Å². The molecule has 0 aliphatic heterocycles. The summed E-state index contributed by atoms with van der Waals surface area (Å²) < 4.78 is 33.1. The molecule has 2 aromatic carbocycles. The Morgan fingerprint density at radius 2 is 1.19 bits per heavy atom. The molecule has 0 aliphatic carbocycles. The second-order valence-corrected chi connectivity index (χ2v) is 9.17. The van der Waals surface area contributed by atoms with Crippen molar-refractivity contribution in [2.75, 3.05) is 63.4 Å². The number of benzene rings is 2. The summed E-state index contributed by atoms with van der Waals surface area (Å²) in [6, 6.07) is 7.01. The van der Waals surface area contributed by atoms with E-state index in [1.54, 1.807) is 71.2 Å². The zero-order chi connectivity index (χ0) is 35.5. The van der Waals surface area contributed by atoms with Crippen LogP contribution in [0.4, 0.5) is 0 Å². The first-order valence-electron chi connectivity index (χ1n) is 14.1. The van der Waals surface area contributed by atoms with E-state index in [2.05, 4.69) is 6.58 Å². The van der Waals surface area contributed by atoms with Gasteiger partial charge in [-0.05, 0) is 47.6 Å².